The van der Waals surface area contributed by atoms with Crippen molar-refractivity contribution in [3.05, 3.63) is 71.3 Å². The summed E-state index contributed by atoms with van der Waals surface area (Å²) in [6.07, 6.45) is 5.47. The number of rotatable bonds is 7. The zero-order valence-corrected chi connectivity index (χ0v) is 17.0. The summed E-state index contributed by atoms with van der Waals surface area (Å²) in [5, 5.41) is 3.19. The van der Waals surface area contributed by atoms with Gasteiger partial charge in [0.15, 0.2) is 0 Å². The molecule has 0 radical (unpaired) electrons. The number of hydrogen-bond donors (Lipinski definition) is 1. The normalized spacial score (nSPS) is 20.8. The van der Waals surface area contributed by atoms with Crippen LogP contribution in [0.5, 0.6) is 0 Å². The predicted octanol–water partition coefficient (Wildman–Crippen LogP) is 4.35. The molecule has 1 saturated carbocycles. The van der Waals surface area contributed by atoms with Crippen LogP contribution >= 0.6 is 0 Å². The van der Waals surface area contributed by atoms with Crippen LogP contribution in [0.15, 0.2) is 54.6 Å². The highest BCUT2D eigenvalue weighted by molar-refractivity contribution is 5.82. The van der Waals surface area contributed by atoms with Gasteiger partial charge in [-0.3, -0.25) is 9.69 Å². The number of carbonyl (C=O) groups excluding carboxylic acids is 1. The summed E-state index contributed by atoms with van der Waals surface area (Å²) in [6.45, 7) is 6.26. The highest BCUT2D eigenvalue weighted by Crippen LogP contribution is 2.59. The Morgan fingerprint density at radius 2 is 1.79 bits per heavy atom. The number of amides is 1. The van der Waals surface area contributed by atoms with Gasteiger partial charge in [0, 0.05) is 19.0 Å². The van der Waals surface area contributed by atoms with E-state index < -0.39 is 0 Å². The molecule has 3 heteroatoms. The van der Waals surface area contributed by atoms with E-state index in [9.17, 15) is 4.79 Å². The fourth-order valence-corrected chi connectivity index (χ4v) is 4.73. The molecule has 2 aliphatic rings. The molecular formula is C25H32N2O. The topological polar surface area (TPSA) is 32.3 Å². The lowest BCUT2D eigenvalue weighted by Crippen LogP contribution is -2.37. The van der Waals surface area contributed by atoms with Gasteiger partial charge >= 0.3 is 0 Å². The lowest BCUT2D eigenvalue weighted by Gasteiger charge is -2.33. The number of likely N-dealkylation sites (tertiary alicyclic amines) is 1. The highest BCUT2D eigenvalue weighted by Gasteiger charge is 2.58. The lowest BCUT2D eigenvalue weighted by molar-refractivity contribution is -0.123. The molecule has 2 fully saturated rings. The molecule has 1 amide bonds. The minimum Gasteiger partial charge on any atom is -0.356 e. The Morgan fingerprint density at radius 1 is 1.07 bits per heavy atom. The first-order valence-corrected chi connectivity index (χ1v) is 10.7. The number of benzene rings is 2. The van der Waals surface area contributed by atoms with Crippen LogP contribution in [0.1, 0.15) is 42.4 Å². The lowest BCUT2D eigenvalue weighted by atomic mass is 9.90. The molecule has 1 N–H and O–H groups in total. The van der Waals surface area contributed by atoms with Crippen LogP contribution in [0.2, 0.25) is 0 Å². The molecular weight excluding hydrogens is 344 g/mol. The molecule has 4 rings (SSSR count). The highest BCUT2D eigenvalue weighted by atomic mass is 16.2. The molecule has 1 aliphatic heterocycles. The largest absolute Gasteiger partial charge is 0.356 e. The summed E-state index contributed by atoms with van der Waals surface area (Å²) in [5.74, 6) is 0.547. The maximum Gasteiger partial charge on any atom is 0.223 e. The molecule has 2 aromatic rings. The van der Waals surface area contributed by atoms with Gasteiger partial charge in [-0.05, 0) is 74.2 Å². The molecule has 1 heterocycles. The summed E-state index contributed by atoms with van der Waals surface area (Å²) in [6, 6.07) is 19.2. The van der Waals surface area contributed by atoms with E-state index in [1.807, 2.05) is 6.07 Å². The van der Waals surface area contributed by atoms with Gasteiger partial charge in [0.1, 0.15) is 0 Å². The van der Waals surface area contributed by atoms with Gasteiger partial charge in [0.25, 0.3) is 0 Å². The van der Waals surface area contributed by atoms with Crippen molar-refractivity contribution in [2.45, 2.75) is 45.6 Å². The first kappa shape index (κ1) is 19.2. The van der Waals surface area contributed by atoms with E-state index in [0.717, 1.165) is 45.4 Å². The number of nitrogens with one attached hydrogen (secondary N) is 1. The fraction of sp³-hybridized carbons (Fsp3) is 0.480. The number of piperidine rings is 1. The average molecular weight is 377 g/mol. The van der Waals surface area contributed by atoms with Gasteiger partial charge in [-0.25, -0.2) is 0 Å². The molecule has 3 nitrogen and oxygen atoms in total. The SMILES string of the molecule is Cc1ccccc1CN1CCC2(CC1)C[C@H]2C(=O)NCCCc1ccccc1. The summed E-state index contributed by atoms with van der Waals surface area (Å²) in [7, 11) is 0. The van der Waals surface area contributed by atoms with Crippen molar-refractivity contribution in [2.24, 2.45) is 11.3 Å². The average Bonchev–Trinajstić information content (AvgIpc) is 3.43. The first-order valence-electron chi connectivity index (χ1n) is 10.7. The summed E-state index contributed by atoms with van der Waals surface area (Å²) < 4.78 is 0. The van der Waals surface area contributed by atoms with Crippen LogP contribution in [0.25, 0.3) is 0 Å². The van der Waals surface area contributed by atoms with Crippen molar-refractivity contribution in [1.82, 2.24) is 10.2 Å². The second-order valence-electron chi connectivity index (χ2n) is 8.70. The Hall–Kier alpha value is -2.13. The minimum atomic E-state index is 0.254. The Kier molecular flexibility index (Phi) is 5.82. The minimum absolute atomic E-state index is 0.254. The van der Waals surface area contributed by atoms with E-state index >= 15 is 0 Å². The maximum atomic E-state index is 12.6. The molecule has 2 aromatic carbocycles. The van der Waals surface area contributed by atoms with Gasteiger partial charge in [0.05, 0.1) is 0 Å². The van der Waals surface area contributed by atoms with Crippen molar-refractivity contribution in [1.29, 1.82) is 0 Å². The Balaban J connectivity index is 1.18. The monoisotopic (exact) mass is 376 g/mol. The zero-order valence-electron chi connectivity index (χ0n) is 17.0. The molecule has 28 heavy (non-hydrogen) atoms. The third-order valence-corrected chi connectivity index (χ3v) is 6.80. The number of carbonyl (C=O) groups is 1. The van der Waals surface area contributed by atoms with Crippen LogP contribution in [-0.2, 0) is 17.8 Å². The first-order chi connectivity index (χ1) is 13.7. The standard InChI is InChI=1S/C25H32N2O/c1-20-8-5-6-12-22(20)19-27-16-13-25(14-17-27)18-23(25)24(28)26-15-7-11-21-9-3-2-4-10-21/h2-6,8-10,12,23H,7,11,13-19H2,1H3,(H,26,28)/t23-/m0/s1. The molecule has 148 valence electrons. The van der Waals surface area contributed by atoms with E-state index in [4.69, 9.17) is 0 Å². The van der Waals surface area contributed by atoms with Gasteiger partial charge < -0.3 is 5.32 Å². The van der Waals surface area contributed by atoms with E-state index in [1.54, 1.807) is 0 Å². The number of nitrogens with zero attached hydrogens (tertiary/aromatic N) is 1. The van der Waals surface area contributed by atoms with Crippen molar-refractivity contribution in [3.63, 3.8) is 0 Å². The molecule has 0 aromatic heterocycles. The van der Waals surface area contributed by atoms with Crippen molar-refractivity contribution in [3.8, 4) is 0 Å². The van der Waals surface area contributed by atoms with Gasteiger partial charge in [-0.15, -0.1) is 0 Å². The molecule has 0 unspecified atom stereocenters. The van der Waals surface area contributed by atoms with E-state index in [0.29, 0.717) is 11.3 Å². The van der Waals surface area contributed by atoms with E-state index in [2.05, 4.69) is 65.7 Å². The van der Waals surface area contributed by atoms with Crippen LogP contribution in [0, 0.1) is 18.3 Å². The smallest absolute Gasteiger partial charge is 0.223 e. The molecule has 1 saturated heterocycles. The Bertz CT molecular complexity index is 793. The van der Waals surface area contributed by atoms with Crippen molar-refractivity contribution < 1.29 is 4.79 Å². The molecule has 1 atom stereocenters. The van der Waals surface area contributed by atoms with E-state index in [-0.39, 0.29) is 5.92 Å². The van der Waals surface area contributed by atoms with Gasteiger partial charge in [0.2, 0.25) is 5.91 Å². The third kappa shape index (κ3) is 4.47. The summed E-state index contributed by atoms with van der Waals surface area (Å²) >= 11 is 0. The van der Waals surface area contributed by atoms with Crippen molar-refractivity contribution >= 4 is 5.91 Å². The Morgan fingerprint density at radius 3 is 2.54 bits per heavy atom. The predicted molar refractivity (Wildman–Crippen MR) is 114 cm³/mol. The Labute approximate surface area is 169 Å². The van der Waals surface area contributed by atoms with Crippen LogP contribution < -0.4 is 5.32 Å². The maximum absolute atomic E-state index is 12.6. The molecule has 0 bridgehead atoms. The van der Waals surface area contributed by atoms with Crippen LogP contribution in [-0.4, -0.2) is 30.4 Å². The fourth-order valence-electron chi connectivity index (χ4n) is 4.73. The second-order valence-corrected chi connectivity index (χ2v) is 8.70. The van der Waals surface area contributed by atoms with Gasteiger partial charge in [-0.2, -0.15) is 0 Å². The zero-order chi connectivity index (χ0) is 19.4. The van der Waals surface area contributed by atoms with Crippen LogP contribution in [0.4, 0.5) is 0 Å². The third-order valence-electron chi connectivity index (χ3n) is 6.80. The van der Waals surface area contributed by atoms with Crippen molar-refractivity contribution in [2.75, 3.05) is 19.6 Å². The van der Waals surface area contributed by atoms with E-state index in [1.165, 1.54) is 29.5 Å². The number of aryl methyl sites for hydroxylation is 2. The number of hydrogen-bond acceptors (Lipinski definition) is 2. The molecule has 1 spiro atoms. The van der Waals surface area contributed by atoms with Crippen LogP contribution in [0.3, 0.4) is 0 Å². The second kappa shape index (κ2) is 8.48. The van der Waals surface area contributed by atoms with Gasteiger partial charge in [-0.1, -0.05) is 54.6 Å². The summed E-state index contributed by atoms with van der Waals surface area (Å²) in [4.78, 5) is 15.1. The summed E-state index contributed by atoms with van der Waals surface area (Å²) in [5.41, 5.74) is 4.45. The molecule has 1 aliphatic carbocycles. The quantitative estimate of drug-likeness (QED) is 0.729.